The number of rotatable bonds is 4. The predicted molar refractivity (Wildman–Crippen MR) is 93.2 cm³/mol. The molecule has 0 aliphatic rings. The average Bonchev–Trinajstić information content (AvgIpc) is 2.41. The first-order chi connectivity index (χ1) is 9.87. The Balaban J connectivity index is 0.00000122. The number of carboxylic acid groups (broad SMARTS) is 1. The summed E-state index contributed by atoms with van der Waals surface area (Å²) in [5, 5.41) is 12.2. The normalized spacial score (nSPS) is 10.2. The van der Waals surface area contributed by atoms with E-state index in [0.29, 0.717) is 15.4 Å². The Morgan fingerprint density at radius 2 is 2.00 bits per heavy atom. The molecule has 0 saturated heterocycles. The molecule has 0 unspecified atom stereocenters. The molecule has 0 aromatic heterocycles. The first-order valence-corrected chi connectivity index (χ1v) is 7.92. The third-order valence-electron chi connectivity index (χ3n) is 2.20. The fraction of sp³-hybridized carbons (Fsp3) is 0.200. The van der Waals surface area contributed by atoms with E-state index in [0.717, 1.165) is 0 Å². The van der Waals surface area contributed by atoms with Gasteiger partial charge in [-0.3, -0.25) is 4.79 Å². The summed E-state index contributed by atoms with van der Waals surface area (Å²) in [4.78, 5) is 22.8. The molecule has 0 saturated carbocycles. The lowest BCUT2D eigenvalue weighted by atomic mass is 10.1. The highest BCUT2D eigenvalue weighted by Gasteiger charge is 2.13. The first-order valence-electron chi connectivity index (χ1n) is 6.01. The van der Waals surface area contributed by atoms with Gasteiger partial charge in [-0.2, -0.15) is 0 Å². The third kappa shape index (κ3) is 7.24. The van der Waals surface area contributed by atoms with Crippen LogP contribution in [0.2, 0.25) is 0 Å². The summed E-state index contributed by atoms with van der Waals surface area (Å²) >= 11 is 6.39. The molecular formula is C15H17Br2NO3. The zero-order chi connectivity index (χ0) is 16.4. The largest absolute Gasteiger partial charge is 0.478 e. The number of anilines is 1. The fourth-order valence-electron chi connectivity index (χ4n) is 1.23. The summed E-state index contributed by atoms with van der Waals surface area (Å²) in [5.74, 6) is -1.41. The van der Waals surface area contributed by atoms with Crippen LogP contribution in [0.15, 0.2) is 47.0 Å². The van der Waals surface area contributed by atoms with Gasteiger partial charge < -0.3 is 10.4 Å². The SMILES string of the molecule is C/C(=C\CBr)C(=O)Nc1ccc(Br)cc1C(=O)O.C=CC. The molecule has 2 N–H and O–H groups in total. The number of alkyl halides is 1. The number of carbonyl (C=O) groups excluding carboxylic acids is 1. The number of benzene rings is 1. The molecule has 0 atom stereocenters. The molecule has 0 bridgehead atoms. The number of halogens is 2. The van der Waals surface area contributed by atoms with Crippen molar-refractivity contribution < 1.29 is 14.7 Å². The van der Waals surface area contributed by atoms with Crippen molar-refractivity contribution in [3.8, 4) is 0 Å². The Bertz CT molecular complexity index is 554. The van der Waals surface area contributed by atoms with E-state index < -0.39 is 5.97 Å². The van der Waals surface area contributed by atoms with Crippen LogP contribution in [0.1, 0.15) is 24.2 Å². The number of nitrogens with one attached hydrogen (secondary N) is 1. The van der Waals surface area contributed by atoms with E-state index in [1.54, 1.807) is 31.2 Å². The second kappa shape index (κ2) is 10.3. The second-order valence-corrected chi connectivity index (χ2v) is 5.46. The maximum atomic E-state index is 11.8. The second-order valence-electron chi connectivity index (χ2n) is 3.90. The van der Waals surface area contributed by atoms with Gasteiger partial charge in [0.05, 0.1) is 11.3 Å². The lowest BCUT2D eigenvalue weighted by Gasteiger charge is -2.09. The van der Waals surface area contributed by atoms with Gasteiger partial charge in [-0.25, -0.2) is 4.79 Å². The van der Waals surface area contributed by atoms with Crippen molar-refractivity contribution in [1.29, 1.82) is 0 Å². The molecule has 4 nitrogen and oxygen atoms in total. The molecular weight excluding hydrogens is 402 g/mol. The number of carboxylic acids is 1. The van der Waals surface area contributed by atoms with Crippen molar-refractivity contribution >= 4 is 49.4 Å². The number of hydrogen-bond acceptors (Lipinski definition) is 2. The van der Waals surface area contributed by atoms with Crippen molar-refractivity contribution in [2.24, 2.45) is 0 Å². The minimum absolute atomic E-state index is 0.0457. The predicted octanol–water partition coefficient (Wildman–Crippen LogP) is 4.62. The number of aromatic carboxylic acids is 1. The summed E-state index contributed by atoms with van der Waals surface area (Å²) in [7, 11) is 0. The van der Waals surface area contributed by atoms with E-state index >= 15 is 0 Å². The zero-order valence-electron chi connectivity index (χ0n) is 11.8. The summed E-state index contributed by atoms with van der Waals surface area (Å²) < 4.78 is 0.644. The molecule has 6 heteroatoms. The van der Waals surface area contributed by atoms with Crippen LogP contribution >= 0.6 is 31.9 Å². The van der Waals surface area contributed by atoms with Gasteiger partial charge in [0, 0.05) is 15.4 Å². The van der Waals surface area contributed by atoms with Crippen molar-refractivity contribution in [1.82, 2.24) is 0 Å². The molecule has 114 valence electrons. The van der Waals surface area contributed by atoms with E-state index in [9.17, 15) is 9.59 Å². The zero-order valence-corrected chi connectivity index (χ0v) is 15.0. The van der Waals surface area contributed by atoms with Crippen LogP contribution in [0.4, 0.5) is 5.69 Å². The molecule has 0 fully saturated rings. The summed E-state index contributed by atoms with van der Waals surface area (Å²) in [6.07, 6.45) is 3.45. The van der Waals surface area contributed by atoms with Gasteiger partial charge in [-0.05, 0) is 32.0 Å². The molecule has 0 heterocycles. The third-order valence-corrected chi connectivity index (χ3v) is 3.02. The highest BCUT2D eigenvalue weighted by Crippen LogP contribution is 2.21. The van der Waals surface area contributed by atoms with E-state index in [1.165, 1.54) is 6.07 Å². The van der Waals surface area contributed by atoms with E-state index in [1.807, 2.05) is 6.92 Å². The maximum Gasteiger partial charge on any atom is 0.337 e. The van der Waals surface area contributed by atoms with Crippen LogP contribution in [-0.4, -0.2) is 22.3 Å². The minimum atomic E-state index is -1.09. The summed E-state index contributed by atoms with van der Waals surface area (Å²) in [5.41, 5.74) is 0.841. The van der Waals surface area contributed by atoms with Gasteiger partial charge in [0.2, 0.25) is 0 Å². The topological polar surface area (TPSA) is 66.4 Å². The van der Waals surface area contributed by atoms with Crippen molar-refractivity contribution in [2.75, 3.05) is 10.6 Å². The molecule has 0 spiro atoms. The molecule has 1 aromatic carbocycles. The number of allylic oxidation sites excluding steroid dienone is 2. The molecule has 1 aromatic rings. The van der Waals surface area contributed by atoms with E-state index in [2.05, 4.69) is 43.8 Å². The summed E-state index contributed by atoms with van der Waals surface area (Å²) in [6, 6.07) is 4.67. The first kappa shape index (κ1) is 19.6. The lowest BCUT2D eigenvalue weighted by Crippen LogP contribution is -2.15. The lowest BCUT2D eigenvalue weighted by molar-refractivity contribution is -0.112. The van der Waals surface area contributed by atoms with Crippen LogP contribution in [0, 0.1) is 0 Å². The van der Waals surface area contributed by atoms with Crippen LogP contribution in [0.25, 0.3) is 0 Å². The fourth-order valence-corrected chi connectivity index (χ4v) is 2.08. The van der Waals surface area contributed by atoms with Crippen LogP contribution in [0.5, 0.6) is 0 Å². The maximum absolute atomic E-state index is 11.8. The highest BCUT2D eigenvalue weighted by atomic mass is 79.9. The van der Waals surface area contributed by atoms with E-state index in [-0.39, 0.29) is 17.2 Å². The number of hydrogen-bond donors (Lipinski definition) is 2. The standard InChI is InChI=1S/C12H11Br2NO3.C3H6/c1-7(4-5-13)11(16)15-10-3-2-8(14)6-9(10)12(17)18;1-3-2/h2-4,6H,5H2,1H3,(H,15,16)(H,17,18);3H,1H2,2H3/b7-4+;. The summed E-state index contributed by atoms with van der Waals surface area (Å²) in [6.45, 7) is 6.91. The van der Waals surface area contributed by atoms with Gasteiger partial charge >= 0.3 is 5.97 Å². The van der Waals surface area contributed by atoms with Gasteiger partial charge in [-0.15, -0.1) is 6.58 Å². The smallest absolute Gasteiger partial charge is 0.337 e. The quantitative estimate of drug-likeness (QED) is 0.426. The molecule has 0 aliphatic carbocycles. The number of carbonyl (C=O) groups is 2. The van der Waals surface area contributed by atoms with Crippen molar-refractivity contribution in [2.45, 2.75) is 13.8 Å². The van der Waals surface area contributed by atoms with Gasteiger partial charge in [0.15, 0.2) is 0 Å². The van der Waals surface area contributed by atoms with Crippen molar-refractivity contribution in [3.05, 3.63) is 52.5 Å². The monoisotopic (exact) mass is 417 g/mol. The van der Waals surface area contributed by atoms with Crippen molar-refractivity contribution in [3.63, 3.8) is 0 Å². The highest BCUT2D eigenvalue weighted by molar-refractivity contribution is 9.10. The average molecular weight is 419 g/mol. The van der Waals surface area contributed by atoms with E-state index in [4.69, 9.17) is 5.11 Å². The Hall–Kier alpha value is -1.40. The number of amides is 1. The molecule has 21 heavy (non-hydrogen) atoms. The molecule has 1 amide bonds. The Morgan fingerprint density at radius 1 is 1.43 bits per heavy atom. The van der Waals surface area contributed by atoms with Crippen LogP contribution < -0.4 is 5.32 Å². The van der Waals surface area contributed by atoms with Gasteiger partial charge in [0.25, 0.3) is 5.91 Å². The van der Waals surface area contributed by atoms with Gasteiger partial charge in [-0.1, -0.05) is 44.0 Å². The minimum Gasteiger partial charge on any atom is -0.478 e. The Morgan fingerprint density at radius 3 is 2.48 bits per heavy atom. The Kier molecular flexibility index (Phi) is 9.65. The molecule has 1 rings (SSSR count). The Labute approximate surface area is 141 Å². The van der Waals surface area contributed by atoms with Crippen LogP contribution in [0.3, 0.4) is 0 Å². The van der Waals surface area contributed by atoms with Crippen LogP contribution in [-0.2, 0) is 4.79 Å². The van der Waals surface area contributed by atoms with Gasteiger partial charge in [0.1, 0.15) is 0 Å². The molecule has 0 aliphatic heterocycles. The molecule has 0 radical (unpaired) electrons.